The number of aryl methyl sites for hydroxylation is 1. The molecule has 1 atom stereocenters. The van der Waals surface area contributed by atoms with E-state index in [0.717, 1.165) is 59.5 Å². The molecule has 0 N–H and O–H groups in total. The zero-order valence-electron chi connectivity index (χ0n) is 22.8. The summed E-state index contributed by atoms with van der Waals surface area (Å²) in [5.41, 5.74) is 7.16. The van der Waals surface area contributed by atoms with Crippen LogP contribution in [0.15, 0.2) is 65.6 Å². The summed E-state index contributed by atoms with van der Waals surface area (Å²) in [5.74, 6) is -0.113. The fraction of sp³-hybridized carbons (Fsp3) is 0.394. The molecule has 1 saturated heterocycles. The maximum Gasteiger partial charge on any atom is 0.243 e. The number of likely N-dealkylation sites (tertiary alicyclic amines) is 1. The number of hydrogen-bond donors (Lipinski definition) is 0. The maximum atomic E-state index is 12.8. The smallest absolute Gasteiger partial charge is 0.243 e. The molecule has 0 radical (unpaired) electrons. The van der Waals surface area contributed by atoms with Crippen molar-refractivity contribution in [1.29, 1.82) is 0 Å². The molecule has 1 aliphatic heterocycles. The van der Waals surface area contributed by atoms with Crippen molar-refractivity contribution < 1.29 is 9.59 Å². The molecule has 2 aliphatic carbocycles. The average Bonchev–Trinajstić information content (AvgIpc) is 3.07. The van der Waals surface area contributed by atoms with Gasteiger partial charge in [-0.15, -0.1) is 16.9 Å². The molecule has 2 heterocycles. The van der Waals surface area contributed by atoms with Crippen molar-refractivity contribution in [2.24, 2.45) is 0 Å². The number of nitrogens with zero attached hydrogens (tertiary/aromatic N) is 3. The molecule has 5 nitrogen and oxygen atoms in total. The quantitative estimate of drug-likeness (QED) is 0.263. The van der Waals surface area contributed by atoms with E-state index in [-0.39, 0.29) is 23.5 Å². The lowest BCUT2D eigenvalue weighted by atomic mass is 9.90. The summed E-state index contributed by atoms with van der Waals surface area (Å²) in [4.78, 5) is 27.8. The van der Waals surface area contributed by atoms with Gasteiger partial charge in [-0.1, -0.05) is 73.6 Å². The Kier molecular flexibility index (Phi) is 9.25. The van der Waals surface area contributed by atoms with Crippen molar-refractivity contribution in [2.45, 2.75) is 76.4 Å². The van der Waals surface area contributed by atoms with Crippen molar-refractivity contribution >= 4 is 29.7 Å². The van der Waals surface area contributed by atoms with E-state index in [1.54, 1.807) is 0 Å². The average molecular weight is 540 g/mol. The predicted octanol–water partition coefficient (Wildman–Crippen LogP) is 7.17. The van der Waals surface area contributed by atoms with Crippen LogP contribution in [0.2, 0.25) is 0 Å². The summed E-state index contributed by atoms with van der Waals surface area (Å²) < 4.78 is 0. The third-order valence-corrected chi connectivity index (χ3v) is 8.87. The van der Waals surface area contributed by atoms with Crippen molar-refractivity contribution in [2.75, 3.05) is 6.54 Å². The molecule has 1 fully saturated rings. The Morgan fingerprint density at radius 1 is 1.00 bits per heavy atom. The molecule has 5 rings (SSSR count). The first-order valence-electron chi connectivity index (χ1n) is 14.3. The van der Waals surface area contributed by atoms with E-state index in [2.05, 4.69) is 65.7 Å². The van der Waals surface area contributed by atoms with E-state index in [0.29, 0.717) is 6.54 Å². The topological polar surface area (TPSA) is 63.2 Å². The van der Waals surface area contributed by atoms with Crippen LogP contribution in [0.3, 0.4) is 0 Å². The number of imide groups is 1. The van der Waals surface area contributed by atoms with Gasteiger partial charge in [0.25, 0.3) is 0 Å². The molecule has 1 aromatic carbocycles. The minimum absolute atomic E-state index is 0.0557. The summed E-state index contributed by atoms with van der Waals surface area (Å²) in [6.07, 6.45) is 24.4. The van der Waals surface area contributed by atoms with Crippen LogP contribution < -0.4 is 0 Å². The number of unbranched alkanes of at least 4 members (excludes halogenated alkanes) is 1. The first-order valence-corrected chi connectivity index (χ1v) is 15.1. The summed E-state index contributed by atoms with van der Waals surface area (Å²) in [6, 6.07) is 8.55. The van der Waals surface area contributed by atoms with E-state index in [1.807, 2.05) is 18.2 Å². The van der Waals surface area contributed by atoms with E-state index in [1.165, 1.54) is 53.5 Å². The van der Waals surface area contributed by atoms with Gasteiger partial charge < -0.3 is 0 Å². The van der Waals surface area contributed by atoms with Crippen LogP contribution >= 0.6 is 11.8 Å². The summed E-state index contributed by atoms with van der Waals surface area (Å²) in [6.45, 7) is 2.56. The highest BCUT2D eigenvalue weighted by atomic mass is 32.2. The van der Waals surface area contributed by atoms with Gasteiger partial charge in [-0.05, 0) is 74.6 Å². The third-order valence-electron chi connectivity index (χ3n) is 7.67. The van der Waals surface area contributed by atoms with E-state index in [4.69, 9.17) is 0 Å². The standard InChI is InChI=1S/C33H37N3O2S/c1-24-28-16-10-4-5-11-17-29(28)32(35-34-24)26-20-18-25(19-21-26)13-7-6-12-22-36-31(37)23-30(33(36)38)39-27-14-8-2-3-9-15-27/h2,7-9,13-15,18-21,30H,3-6,10-12,16-17,22-23H2,1H3/b13-7+. The lowest BCUT2D eigenvalue weighted by Crippen LogP contribution is -2.32. The van der Waals surface area contributed by atoms with Crippen molar-refractivity contribution in [3.63, 3.8) is 0 Å². The number of carbonyl (C=O) groups is 2. The van der Waals surface area contributed by atoms with Crippen molar-refractivity contribution in [3.05, 3.63) is 88.0 Å². The van der Waals surface area contributed by atoms with Crippen molar-refractivity contribution in [1.82, 2.24) is 15.1 Å². The van der Waals surface area contributed by atoms with E-state index in [9.17, 15) is 9.59 Å². The molecular formula is C33H37N3O2S. The molecule has 3 aliphatic rings. The Labute approximate surface area is 236 Å². The van der Waals surface area contributed by atoms with Gasteiger partial charge in [0.2, 0.25) is 11.8 Å². The zero-order valence-corrected chi connectivity index (χ0v) is 23.6. The van der Waals surface area contributed by atoms with Gasteiger partial charge in [0.05, 0.1) is 16.6 Å². The minimum atomic E-state index is -0.313. The van der Waals surface area contributed by atoms with Gasteiger partial charge in [-0.25, -0.2) is 0 Å². The molecule has 6 heteroatoms. The van der Waals surface area contributed by atoms with Crippen LogP contribution in [-0.2, 0) is 22.4 Å². The van der Waals surface area contributed by atoms with Gasteiger partial charge in [0, 0.05) is 23.4 Å². The SMILES string of the molecule is Cc1nnc(-c2ccc(/C=C/CCCN3C(=O)CC(SC4=CC=CCC=C4)C3=O)cc2)c2c1CCCCCC2. The zero-order chi connectivity index (χ0) is 27.0. The van der Waals surface area contributed by atoms with Gasteiger partial charge in [-0.2, -0.15) is 5.10 Å². The number of allylic oxidation sites excluding steroid dienone is 6. The number of fused-ring (bicyclic) bond motifs is 1. The Bertz CT molecular complexity index is 1320. The van der Waals surface area contributed by atoms with Crippen LogP contribution in [-0.4, -0.2) is 38.7 Å². The number of thioether (sulfide) groups is 1. The van der Waals surface area contributed by atoms with Gasteiger partial charge in [-0.3, -0.25) is 14.5 Å². The second kappa shape index (κ2) is 13.2. The molecule has 2 amide bonds. The molecule has 1 unspecified atom stereocenters. The van der Waals surface area contributed by atoms with E-state index >= 15 is 0 Å². The normalized spacial score (nSPS) is 19.7. The first kappa shape index (κ1) is 27.3. The minimum Gasteiger partial charge on any atom is -0.282 e. The van der Waals surface area contributed by atoms with Gasteiger partial charge in [0.15, 0.2) is 0 Å². The Balaban J connectivity index is 1.14. The summed E-state index contributed by atoms with van der Waals surface area (Å²) in [5, 5.41) is 8.78. The molecule has 0 spiro atoms. The lowest BCUT2D eigenvalue weighted by molar-refractivity contribution is -0.138. The molecule has 0 bridgehead atoms. The summed E-state index contributed by atoms with van der Waals surface area (Å²) in [7, 11) is 0. The number of aromatic nitrogens is 2. The van der Waals surface area contributed by atoms with Crippen molar-refractivity contribution in [3.8, 4) is 11.3 Å². The first-order chi connectivity index (χ1) is 19.1. The number of rotatable bonds is 8. The van der Waals surface area contributed by atoms with Gasteiger partial charge in [0.1, 0.15) is 0 Å². The highest BCUT2D eigenvalue weighted by molar-refractivity contribution is 8.04. The fourth-order valence-electron chi connectivity index (χ4n) is 5.52. The molecular weight excluding hydrogens is 502 g/mol. The monoisotopic (exact) mass is 539 g/mol. The number of hydrogen-bond acceptors (Lipinski definition) is 5. The van der Waals surface area contributed by atoms with Crippen LogP contribution in [0.1, 0.15) is 73.8 Å². The molecule has 2 aromatic rings. The number of amides is 2. The van der Waals surface area contributed by atoms with Crippen LogP contribution in [0.25, 0.3) is 17.3 Å². The number of carbonyl (C=O) groups excluding carboxylic acids is 2. The maximum absolute atomic E-state index is 12.8. The Hall–Kier alpha value is -3.25. The van der Waals surface area contributed by atoms with Crippen LogP contribution in [0, 0.1) is 6.92 Å². The molecule has 1 aromatic heterocycles. The number of benzene rings is 1. The van der Waals surface area contributed by atoms with E-state index < -0.39 is 0 Å². The third kappa shape index (κ3) is 6.85. The second-order valence-corrected chi connectivity index (χ2v) is 11.8. The van der Waals surface area contributed by atoms with Crippen LogP contribution in [0.5, 0.6) is 0 Å². The predicted molar refractivity (Wildman–Crippen MR) is 160 cm³/mol. The molecule has 39 heavy (non-hydrogen) atoms. The highest BCUT2D eigenvalue weighted by Crippen LogP contribution is 2.33. The second-order valence-electron chi connectivity index (χ2n) is 10.5. The van der Waals surface area contributed by atoms with Crippen LogP contribution in [0.4, 0.5) is 0 Å². The summed E-state index contributed by atoms with van der Waals surface area (Å²) >= 11 is 1.50. The Morgan fingerprint density at radius 2 is 1.79 bits per heavy atom. The fourth-order valence-corrected chi connectivity index (χ4v) is 6.63. The molecule has 202 valence electrons. The Morgan fingerprint density at radius 3 is 2.62 bits per heavy atom. The molecule has 0 saturated carbocycles. The lowest BCUT2D eigenvalue weighted by Gasteiger charge is -2.18. The van der Waals surface area contributed by atoms with Gasteiger partial charge >= 0.3 is 0 Å². The largest absolute Gasteiger partial charge is 0.282 e. The highest BCUT2D eigenvalue weighted by Gasteiger charge is 2.38.